The van der Waals surface area contributed by atoms with E-state index < -0.39 is 5.41 Å². The average Bonchev–Trinajstić information content (AvgIpc) is 2.70. The second-order valence-corrected chi connectivity index (χ2v) is 6.97. The molecule has 26 heavy (non-hydrogen) atoms. The number of hydrogen-bond donors (Lipinski definition) is 1. The highest BCUT2D eigenvalue weighted by atomic mass is 16.3. The third-order valence-electron chi connectivity index (χ3n) is 4.68. The number of benzene rings is 2. The Morgan fingerprint density at radius 1 is 0.846 bits per heavy atom. The Labute approximate surface area is 157 Å². The van der Waals surface area contributed by atoms with Gasteiger partial charge in [-0.2, -0.15) is 0 Å². The summed E-state index contributed by atoms with van der Waals surface area (Å²) in [6.07, 6.45) is 6.10. The van der Waals surface area contributed by atoms with Crippen molar-refractivity contribution in [3.05, 3.63) is 97.1 Å². The summed E-state index contributed by atoms with van der Waals surface area (Å²) >= 11 is 0. The van der Waals surface area contributed by atoms with Crippen LogP contribution in [0.2, 0.25) is 0 Å². The van der Waals surface area contributed by atoms with E-state index in [-0.39, 0.29) is 12.0 Å². The molecule has 0 radical (unpaired) electrons. The number of aliphatic hydroxyl groups is 1. The third kappa shape index (κ3) is 5.82. The summed E-state index contributed by atoms with van der Waals surface area (Å²) < 4.78 is 0. The first-order chi connectivity index (χ1) is 12.5. The van der Waals surface area contributed by atoms with Crippen molar-refractivity contribution in [2.45, 2.75) is 37.5 Å². The van der Waals surface area contributed by atoms with E-state index in [0.29, 0.717) is 6.42 Å². The number of rotatable bonds is 8. The molecule has 1 N–H and O–H groups in total. The Morgan fingerprint density at radius 2 is 1.31 bits per heavy atom. The minimum absolute atomic E-state index is 0.156. The van der Waals surface area contributed by atoms with Gasteiger partial charge in [-0.25, -0.2) is 0 Å². The molecule has 0 amide bonds. The van der Waals surface area contributed by atoms with Crippen LogP contribution in [0.4, 0.5) is 0 Å². The van der Waals surface area contributed by atoms with E-state index in [1.54, 1.807) is 6.08 Å². The topological polar surface area (TPSA) is 37.3 Å². The summed E-state index contributed by atoms with van der Waals surface area (Å²) in [6.45, 7) is 11.5. The molecule has 0 fully saturated rings. The fraction of sp³-hybridized carbons (Fsp3) is 0.292. The van der Waals surface area contributed by atoms with Crippen LogP contribution < -0.4 is 0 Å². The molecule has 0 aliphatic rings. The molecular weight excluding hydrogens is 320 g/mol. The Hall–Kier alpha value is -2.45. The zero-order valence-electron chi connectivity index (χ0n) is 15.9. The second kappa shape index (κ2) is 10.5. The number of hydrogen-bond acceptors (Lipinski definition) is 2. The van der Waals surface area contributed by atoms with E-state index in [1.165, 1.54) is 0 Å². The molecule has 2 heteroatoms. The number of aliphatic hydroxyl groups excluding tert-OH is 1. The Bertz CT molecular complexity index is 678. The predicted octanol–water partition coefficient (Wildman–Crippen LogP) is 5.23. The van der Waals surface area contributed by atoms with Crippen LogP contribution in [0.1, 0.15) is 37.8 Å². The van der Waals surface area contributed by atoms with Crippen LogP contribution in [0.3, 0.4) is 0 Å². The van der Waals surface area contributed by atoms with E-state index in [1.807, 2.05) is 80.6 Å². The molecule has 138 valence electrons. The number of carbonyl (C=O) groups excluding carboxylic acids is 1. The summed E-state index contributed by atoms with van der Waals surface area (Å²) in [7, 11) is 0. The van der Waals surface area contributed by atoms with Crippen LogP contribution in [-0.2, 0) is 15.6 Å². The fourth-order valence-electron chi connectivity index (χ4n) is 2.79. The zero-order valence-corrected chi connectivity index (χ0v) is 15.9. The van der Waals surface area contributed by atoms with Crippen molar-refractivity contribution in [3.8, 4) is 0 Å². The standard InChI is InChI=1S/C12H16O.C12H14O/c2*1-3-9-12(2,10-13)11-7-5-4-6-8-11/h3-8,13H,1,9-10H2,2H3;3-8,10H,1,9H2,2H3. The van der Waals surface area contributed by atoms with Crippen LogP contribution in [-0.4, -0.2) is 18.0 Å². The van der Waals surface area contributed by atoms with Crippen LogP contribution in [0, 0.1) is 0 Å². The van der Waals surface area contributed by atoms with E-state index in [9.17, 15) is 9.90 Å². The molecule has 2 atom stereocenters. The van der Waals surface area contributed by atoms with Gasteiger partial charge in [-0.1, -0.05) is 79.7 Å². The van der Waals surface area contributed by atoms with Gasteiger partial charge in [0.05, 0.1) is 12.0 Å². The monoisotopic (exact) mass is 350 g/mol. The van der Waals surface area contributed by atoms with Gasteiger partial charge in [-0.3, -0.25) is 0 Å². The van der Waals surface area contributed by atoms with Crippen LogP contribution >= 0.6 is 0 Å². The van der Waals surface area contributed by atoms with Crippen molar-refractivity contribution in [2.24, 2.45) is 0 Å². The van der Waals surface area contributed by atoms with Gasteiger partial charge in [0, 0.05) is 5.41 Å². The first-order valence-electron chi connectivity index (χ1n) is 8.86. The Balaban J connectivity index is 0.000000260. The molecule has 2 unspecified atom stereocenters. The molecule has 0 aliphatic heterocycles. The SMILES string of the molecule is C=CCC(C)(C=O)c1ccccc1.C=CCC(C)(CO)c1ccccc1. The maximum absolute atomic E-state index is 11.0. The van der Waals surface area contributed by atoms with Crippen molar-refractivity contribution in [2.75, 3.05) is 6.61 Å². The fourth-order valence-corrected chi connectivity index (χ4v) is 2.79. The van der Waals surface area contributed by atoms with Gasteiger partial charge in [0.2, 0.25) is 0 Å². The summed E-state index contributed by atoms with van der Waals surface area (Å²) in [4.78, 5) is 11.0. The van der Waals surface area contributed by atoms with E-state index in [4.69, 9.17) is 0 Å². The Kier molecular flexibility index (Phi) is 8.74. The van der Waals surface area contributed by atoms with Gasteiger partial charge < -0.3 is 9.90 Å². The molecule has 2 aromatic rings. The lowest BCUT2D eigenvalue weighted by atomic mass is 9.80. The smallest absolute Gasteiger partial charge is 0.130 e. The Morgan fingerprint density at radius 3 is 1.69 bits per heavy atom. The predicted molar refractivity (Wildman–Crippen MR) is 110 cm³/mol. The van der Waals surface area contributed by atoms with Crippen molar-refractivity contribution < 1.29 is 9.90 Å². The molecule has 0 aliphatic carbocycles. The minimum Gasteiger partial charge on any atom is -0.395 e. The molecule has 2 nitrogen and oxygen atoms in total. The average molecular weight is 351 g/mol. The minimum atomic E-state index is -0.414. The number of allylic oxidation sites excluding steroid dienone is 2. The van der Waals surface area contributed by atoms with Crippen molar-refractivity contribution in [3.63, 3.8) is 0 Å². The zero-order chi connectivity index (χ0) is 19.5. The molecule has 0 saturated heterocycles. The van der Waals surface area contributed by atoms with E-state index >= 15 is 0 Å². The molecule has 2 aromatic carbocycles. The van der Waals surface area contributed by atoms with E-state index in [2.05, 4.69) is 13.2 Å². The molecule has 0 heterocycles. The van der Waals surface area contributed by atoms with Gasteiger partial charge in [0.15, 0.2) is 0 Å². The van der Waals surface area contributed by atoms with Crippen LogP contribution in [0.5, 0.6) is 0 Å². The van der Waals surface area contributed by atoms with Crippen molar-refractivity contribution in [1.82, 2.24) is 0 Å². The molecule has 0 spiro atoms. The highest BCUT2D eigenvalue weighted by molar-refractivity contribution is 5.68. The maximum Gasteiger partial charge on any atom is 0.130 e. The molecule has 0 aromatic heterocycles. The second-order valence-electron chi connectivity index (χ2n) is 6.97. The van der Waals surface area contributed by atoms with Gasteiger partial charge >= 0.3 is 0 Å². The number of carbonyl (C=O) groups is 1. The molecule has 0 bridgehead atoms. The summed E-state index contributed by atoms with van der Waals surface area (Å²) in [6, 6.07) is 19.8. The van der Waals surface area contributed by atoms with Gasteiger partial charge in [-0.15, -0.1) is 13.2 Å². The van der Waals surface area contributed by atoms with Gasteiger partial charge in [0.25, 0.3) is 0 Å². The summed E-state index contributed by atoms with van der Waals surface area (Å²) in [5.74, 6) is 0. The molecular formula is C24H30O2. The largest absolute Gasteiger partial charge is 0.395 e. The first kappa shape index (κ1) is 21.6. The summed E-state index contributed by atoms with van der Waals surface area (Å²) in [5.41, 5.74) is 1.62. The molecule has 0 saturated carbocycles. The quantitative estimate of drug-likeness (QED) is 0.523. The van der Waals surface area contributed by atoms with Crippen molar-refractivity contribution in [1.29, 1.82) is 0 Å². The molecule has 2 rings (SSSR count). The lowest BCUT2D eigenvalue weighted by Gasteiger charge is -2.26. The third-order valence-corrected chi connectivity index (χ3v) is 4.68. The first-order valence-corrected chi connectivity index (χ1v) is 8.86. The van der Waals surface area contributed by atoms with Crippen LogP contribution in [0.15, 0.2) is 86.0 Å². The maximum atomic E-state index is 11.0. The van der Waals surface area contributed by atoms with Crippen LogP contribution in [0.25, 0.3) is 0 Å². The highest BCUT2D eigenvalue weighted by Crippen LogP contribution is 2.27. The highest BCUT2D eigenvalue weighted by Gasteiger charge is 2.24. The summed E-state index contributed by atoms with van der Waals surface area (Å²) in [5, 5.41) is 9.32. The lowest BCUT2D eigenvalue weighted by Crippen LogP contribution is -2.25. The van der Waals surface area contributed by atoms with Gasteiger partial charge in [0.1, 0.15) is 6.29 Å². The van der Waals surface area contributed by atoms with Gasteiger partial charge in [-0.05, 0) is 30.9 Å². The van der Waals surface area contributed by atoms with Crippen molar-refractivity contribution >= 4 is 6.29 Å². The normalized spacial score (nSPS) is 14.7. The van der Waals surface area contributed by atoms with E-state index in [0.717, 1.165) is 23.8 Å². The number of aldehydes is 1. The lowest BCUT2D eigenvalue weighted by molar-refractivity contribution is -0.112.